The Morgan fingerprint density at radius 3 is 2.48 bits per heavy atom. The van der Waals surface area contributed by atoms with E-state index in [9.17, 15) is 21.6 Å². The van der Waals surface area contributed by atoms with Crippen LogP contribution in [0.15, 0.2) is 53.6 Å². The fourth-order valence-corrected chi connectivity index (χ4v) is 3.06. The monoisotopic (exact) mass is 372 g/mol. The maximum absolute atomic E-state index is 12.2. The van der Waals surface area contributed by atoms with Gasteiger partial charge in [-0.15, -0.1) is 23.4 Å². The smallest absolute Gasteiger partial charge is 0.406 e. The highest BCUT2D eigenvalue weighted by molar-refractivity contribution is 7.89. The third-order valence-corrected chi connectivity index (χ3v) is 4.59. The molecule has 0 unspecified atom stereocenters. The van der Waals surface area contributed by atoms with E-state index in [0.717, 1.165) is 24.3 Å². The van der Waals surface area contributed by atoms with Gasteiger partial charge in [0.2, 0.25) is 10.0 Å². The zero-order valence-corrected chi connectivity index (χ0v) is 13.3. The Balaban J connectivity index is 1.73. The molecule has 0 fully saturated rings. The van der Waals surface area contributed by atoms with Crippen LogP contribution < -0.4 is 9.46 Å². The lowest BCUT2D eigenvalue weighted by Gasteiger charge is -2.10. The molecule has 0 saturated heterocycles. The Morgan fingerprint density at radius 1 is 1.08 bits per heavy atom. The lowest BCUT2D eigenvalue weighted by molar-refractivity contribution is -0.274. The molecule has 1 aromatic carbocycles. The Kier molecular flexibility index (Phi) is 4.35. The normalized spacial score (nSPS) is 12.4. The number of rotatable bonds is 5. The van der Waals surface area contributed by atoms with Gasteiger partial charge in [0.1, 0.15) is 5.75 Å². The van der Waals surface area contributed by atoms with Gasteiger partial charge in [0.25, 0.3) is 0 Å². The molecule has 0 aliphatic heterocycles. The molecule has 0 spiro atoms. The Labute approximate surface area is 140 Å². The van der Waals surface area contributed by atoms with Gasteiger partial charge in [-0.2, -0.15) is 0 Å². The molecule has 3 rings (SSSR count). The molecule has 0 radical (unpaired) electrons. The topological polar surface area (TPSA) is 85.6 Å². The first kappa shape index (κ1) is 17.2. The molecular formula is C14H11F3N4O3S. The summed E-state index contributed by atoms with van der Waals surface area (Å²) in [7, 11) is -3.93. The summed E-state index contributed by atoms with van der Waals surface area (Å²) in [4.78, 5) is -0.198. The molecule has 25 heavy (non-hydrogen) atoms. The second-order valence-corrected chi connectivity index (χ2v) is 6.66. The number of sulfonamides is 1. The summed E-state index contributed by atoms with van der Waals surface area (Å²) >= 11 is 0. The summed E-state index contributed by atoms with van der Waals surface area (Å²) in [6.45, 7) is -0.131. The fourth-order valence-electron chi connectivity index (χ4n) is 2.07. The average Bonchev–Trinajstić information content (AvgIpc) is 2.95. The van der Waals surface area contributed by atoms with Crippen LogP contribution in [0.2, 0.25) is 0 Å². The third kappa shape index (κ3) is 4.06. The van der Waals surface area contributed by atoms with Crippen molar-refractivity contribution < 1.29 is 26.3 Å². The molecule has 0 amide bonds. The van der Waals surface area contributed by atoms with Crippen LogP contribution in [0.1, 0.15) is 5.82 Å². The maximum atomic E-state index is 12.2. The highest BCUT2D eigenvalue weighted by Crippen LogP contribution is 2.23. The molecule has 0 bridgehead atoms. The number of aromatic nitrogens is 3. The van der Waals surface area contributed by atoms with Gasteiger partial charge in [0.05, 0.1) is 11.4 Å². The minimum atomic E-state index is -4.84. The summed E-state index contributed by atoms with van der Waals surface area (Å²) in [5.74, 6) is -0.133. The van der Waals surface area contributed by atoms with E-state index in [-0.39, 0.29) is 11.4 Å². The SMILES string of the molecule is O=S(=O)(NCc1nnc2ccccn12)c1ccc(OC(F)(F)F)cc1. The Hall–Kier alpha value is -2.66. The number of halogens is 3. The molecule has 0 aliphatic carbocycles. The second kappa shape index (κ2) is 6.33. The first-order valence-electron chi connectivity index (χ1n) is 6.89. The molecule has 0 saturated carbocycles. The number of alkyl halides is 3. The molecule has 2 aromatic heterocycles. The molecule has 3 aromatic rings. The van der Waals surface area contributed by atoms with Crippen molar-refractivity contribution in [3.63, 3.8) is 0 Å². The van der Waals surface area contributed by atoms with Crippen LogP contribution in [0.3, 0.4) is 0 Å². The third-order valence-electron chi connectivity index (χ3n) is 3.17. The molecule has 7 nitrogen and oxygen atoms in total. The van der Waals surface area contributed by atoms with Crippen LogP contribution in [0.5, 0.6) is 5.75 Å². The molecule has 0 aliphatic rings. The molecule has 1 N–H and O–H groups in total. The van der Waals surface area contributed by atoms with E-state index >= 15 is 0 Å². The fraction of sp³-hybridized carbons (Fsp3) is 0.143. The van der Waals surface area contributed by atoms with Crippen LogP contribution >= 0.6 is 0 Å². The van der Waals surface area contributed by atoms with Gasteiger partial charge in [-0.1, -0.05) is 6.07 Å². The van der Waals surface area contributed by atoms with Gasteiger partial charge in [-0.3, -0.25) is 4.40 Å². The van der Waals surface area contributed by atoms with Crippen LogP contribution in [0.25, 0.3) is 5.65 Å². The lowest BCUT2D eigenvalue weighted by atomic mass is 10.3. The molecule has 11 heteroatoms. The highest BCUT2D eigenvalue weighted by atomic mass is 32.2. The van der Waals surface area contributed by atoms with Gasteiger partial charge in [-0.05, 0) is 36.4 Å². The number of hydrogen-bond donors (Lipinski definition) is 1. The zero-order valence-electron chi connectivity index (χ0n) is 12.4. The maximum Gasteiger partial charge on any atom is 0.573 e. The zero-order chi connectivity index (χ0) is 18.1. The predicted octanol–water partition coefficient (Wildman–Crippen LogP) is 2.11. The number of pyridine rings is 1. The second-order valence-electron chi connectivity index (χ2n) is 4.89. The van der Waals surface area contributed by atoms with Crippen LogP contribution in [-0.4, -0.2) is 29.4 Å². The molecule has 2 heterocycles. The van der Waals surface area contributed by atoms with Crippen molar-refractivity contribution in [3.8, 4) is 5.75 Å². The highest BCUT2D eigenvalue weighted by Gasteiger charge is 2.31. The number of fused-ring (bicyclic) bond motifs is 1. The summed E-state index contributed by atoms with van der Waals surface area (Å²) in [5, 5.41) is 7.78. The summed E-state index contributed by atoms with van der Waals surface area (Å²) in [5.41, 5.74) is 0.561. The van der Waals surface area contributed by atoms with Crippen molar-refractivity contribution >= 4 is 15.7 Å². The molecular weight excluding hydrogens is 361 g/mol. The minimum Gasteiger partial charge on any atom is -0.406 e. The van der Waals surface area contributed by atoms with Crippen molar-refractivity contribution in [2.75, 3.05) is 0 Å². The van der Waals surface area contributed by atoms with Gasteiger partial charge in [0.15, 0.2) is 11.5 Å². The first-order valence-corrected chi connectivity index (χ1v) is 8.37. The van der Waals surface area contributed by atoms with E-state index in [2.05, 4.69) is 19.7 Å². The van der Waals surface area contributed by atoms with E-state index < -0.39 is 22.1 Å². The average molecular weight is 372 g/mol. The van der Waals surface area contributed by atoms with E-state index in [1.807, 2.05) is 0 Å². The van der Waals surface area contributed by atoms with Crippen molar-refractivity contribution in [1.82, 2.24) is 19.3 Å². The van der Waals surface area contributed by atoms with E-state index in [4.69, 9.17) is 0 Å². The van der Waals surface area contributed by atoms with E-state index in [0.29, 0.717) is 11.5 Å². The van der Waals surface area contributed by atoms with Crippen molar-refractivity contribution in [2.45, 2.75) is 17.8 Å². The predicted molar refractivity (Wildman–Crippen MR) is 80.1 cm³/mol. The number of ether oxygens (including phenoxy) is 1. The van der Waals surface area contributed by atoms with Gasteiger partial charge in [-0.25, -0.2) is 13.1 Å². The van der Waals surface area contributed by atoms with Gasteiger partial charge >= 0.3 is 6.36 Å². The largest absolute Gasteiger partial charge is 0.573 e. The molecule has 0 atom stereocenters. The van der Waals surface area contributed by atoms with Crippen LogP contribution in [-0.2, 0) is 16.6 Å². The van der Waals surface area contributed by atoms with Crippen molar-refractivity contribution in [1.29, 1.82) is 0 Å². The standard InChI is InChI=1S/C14H11F3N4O3S/c15-14(16,17)24-10-4-6-11(7-5-10)25(22,23)18-9-13-20-19-12-3-1-2-8-21(12)13/h1-8,18H,9H2. The van der Waals surface area contributed by atoms with Gasteiger partial charge < -0.3 is 4.74 Å². The Bertz CT molecular complexity index is 984. The van der Waals surface area contributed by atoms with Gasteiger partial charge in [0, 0.05) is 6.20 Å². The minimum absolute atomic E-state index is 0.131. The lowest BCUT2D eigenvalue weighted by Crippen LogP contribution is -2.24. The first-order chi connectivity index (χ1) is 11.7. The van der Waals surface area contributed by atoms with Crippen LogP contribution in [0.4, 0.5) is 13.2 Å². The van der Waals surface area contributed by atoms with E-state index in [1.165, 1.54) is 0 Å². The van der Waals surface area contributed by atoms with E-state index in [1.54, 1.807) is 28.8 Å². The molecule has 132 valence electrons. The van der Waals surface area contributed by atoms with Crippen molar-refractivity contribution in [2.24, 2.45) is 0 Å². The number of benzene rings is 1. The summed E-state index contributed by atoms with van der Waals surface area (Å²) < 4.78 is 68.4. The number of nitrogens with zero attached hydrogens (tertiary/aromatic N) is 3. The quantitative estimate of drug-likeness (QED) is 0.741. The summed E-state index contributed by atoms with van der Waals surface area (Å²) in [6.07, 6.45) is -3.16. The summed E-state index contributed by atoms with van der Waals surface area (Å²) in [6, 6.07) is 9.11. The van der Waals surface area contributed by atoms with Crippen molar-refractivity contribution in [3.05, 3.63) is 54.5 Å². The number of hydrogen-bond acceptors (Lipinski definition) is 5. The Morgan fingerprint density at radius 2 is 1.80 bits per heavy atom. The van der Waals surface area contributed by atoms with Crippen LogP contribution in [0, 0.1) is 0 Å². The number of nitrogens with one attached hydrogen (secondary N) is 1.